The highest BCUT2D eigenvalue weighted by Crippen LogP contribution is 2.31. The fourth-order valence-electron chi connectivity index (χ4n) is 1.64. The molecule has 1 aromatic heterocycles. The van der Waals surface area contributed by atoms with E-state index in [9.17, 15) is 0 Å². The van der Waals surface area contributed by atoms with E-state index in [1.54, 1.807) is 6.07 Å². The first kappa shape index (κ1) is 10.2. The van der Waals surface area contributed by atoms with Gasteiger partial charge >= 0.3 is 6.01 Å². The number of nitrogens with two attached hydrogens (primary N) is 1. The number of nitrogen functional groups attached to an aromatic ring is 1. The smallest absolute Gasteiger partial charge is 0.319 e. The summed E-state index contributed by atoms with van der Waals surface area (Å²) < 4.78 is 10.3. The zero-order valence-electron chi connectivity index (χ0n) is 8.68. The third-order valence-corrected chi connectivity index (χ3v) is 2.65. The Hall–Kier alpha value is -2.01. The maximum absolute atomic E-state index is 5.92. The molecule has 0 spiro atoms. The lowest BCUT2D eigenvalue weighted by Crippen LogP contribution is -2.07. The second-order valence-electron chi connectivity index (χ2n) is 3.60. The van der Waals surface area contributed by atoms with Crippen molar-refractivity contribution in [1.29, 1.82) is 0 Å². The number of aromatic nitrogens is 2. The lowest BCUT2D eigenvalue weighted by atomic mass is 10.1. The van der Waals surface area contributed by atoms with Gasteiger partial charge in [-0.3, -0.25) is 0 Å². The molecule has 1 aliphatic rings. The van der Waals surface area contributed by atoms with E-state index in [-0.39, 0.29) is 6.01 Å². The average molecular weight is 250 g/mol. The number of rotatable bonds is 1. The summed E-state index contributed by atoms with van der Waals surface area (Å²) in [6, 6.07) is 5.47. The fraction of sp³-hybridized carbons (Fsp3) is 0.0909. The molecular weight excluding hydrogens is 242 g/mol. The first-order valence-corrected chi connectivity index (χ1v) is 5.32. The van der Waals surface area contributed by atoms with Crippen LogP contribution in [-0.4, -0.2) is 16.7 Å². The monoisotopic (exact) mass is 249 g/mol. The summed E-state index contributed by atoms with van der Waals surface area (Å²) in [5.41, 5.74) is 7.07. The van der Waals surface area contributed by atoms with E-state index in [0.29, 0.717) is 17.5 Å². The van der Waals surface area contributed by atoms with Crippen molar-refractivity contribution in [3.8, 4) is 5.75 Å². The van der Waals surface area contributed by atoms with Gasteiger partial charge in [0, 0.05) is 16.2 Å². The van der Waals surface area contributed by atoms with Crippen molar-refractivity contribution < 1.29 is 9.26 Å². The summed E-state index contributed by atoms with van der Waals surface area (Å²) in [5.74, 6) is 1.22. The summed E-state index contributed by atoms with van der Waals surface area (Å²) in [4.78, 5) is 3.95. The molecule has 2 aromatic rings. The van der Waals surface area contributed by atoms with Crippen molar-refractivity contribution >= 4 is 29.3 Å². The molecule has 0 bridgehead atoms. The Balaban J connectivity index is 2.04. The number of anilines is 1. The number of fused-ring (bicyclic) bond motifs is 1. The van der Waals surface area contributed by atoms with Crippen molar-refractivity contribution in [1.82, 2.24) is 10.1 Å². The van der Waals surface area contributed by atoms with Crippen LogP contribution in [0.25, 0.3) is 11.6 Å². The van der Waals surface area contributed by atoms with Gasteiger partial charge in [-0.05, 0) is 24.3 Å². The Morgan fingerprint density at radius 1 is 1.35 bits per heavy atom. The van der Waals surface area contributed by atoms with Crippen LogP contribution in [0.3, 0.4) is 0 Å². The molecule has 1 aliphatic heterocycles. The van der Waals surface area contributed by atoms with E-state index in [0.717, 1.165) is 16.9 Å². The summed E-state index contributed by atoms with van der Waals surface area (Å²) in [6.07, 6.45) is 1.91. The Labute approximate surface area is 102 Å². The predicted octanol–water partition coefficient (Wildman–Crippen LogP) is 2.24. The highest BCUT2D eigenvalue weighted by molar-refractivity contribution is 6.30. The molecule has 2 heterocycles. The first-order chi connectivity index (χ1) is 8.22. The zero-order valence-corrected chi connectivity index (χ0v) is 9.44. The Morgan fingerprint density at radius 3 is 3.00 bits per heavy atom. The molecule has 0 fully saturated rings. The highest BCUT2D eigenvalue weighted by Gasteiger charge is 2.16. The number of hydrogen-bond donors (Lipinski definition) is 1. The van der Waals surface area contributed by atoms with Crippen LogP contribution in [0.1, 0.15) is 11.4 Å². The Bertz CT molecular complexity index is 607. The molecule has 5 nitrogen and oxygen atoms in total. The number of hydrogen-bond acceptors (Lipinski definition) is 5. The quantitative estimate of drug-likeness (QED) is 0.839. The van der Waals surface area contributed by atoms with Crippen molar-refractivity contribution in [2.24, 2.45) is 0 Å². The van der Waals surface area contributed by atoms with Gasteiger partial charge < -0.3 is 15.0 Å². The van der Waals surface area contributed by atoms with Crippen molar-refractivity contribution in [3.63, 3.8) is 0 Å². The van der Waals surface area contributed by atoms with E-state index < -0.39 is 0 Å². The van der Waals surface area contributed by atoms with E-state index in [1.807, 2.05) is 18.2 Å². The van der Waals surface area contributed by atoms with Crippen LogP contribution in [0.2, 0.25) is 5.02 Å². The number of nitrogens with zero attached hydrogens (tertiary/aromatic N) is 2. The molecule has 1 aromatic carbocycles. The summed E-state index contributed by atoms with van der Waals surface area (Å²) >= 11 is 5.92. The molecule has 0 unspecified atom stereocenters. The minimum absolute atomic E-state index is 0.0396. The maximum Gasteiger partial charge on any atom is 0.319 e. The van der Waals surface area contributed by atoms with Crippen molar-refractivity contribution in [2.75, 3.05) is 12.3 Å². The van der Waals surface area contributed by atoms with Gasteiger partial charge in [0.2, 0.25) is 5.82 Å². The van der Waals surface area contributed by atoms with Gasteiger partial charge in [0.05, 0.1) is 0 Å². The molecule has 0 radical (unpaired) electrons. The minimum Gasteiger partial charge on any atom is -0.488 e. The number of benzene rings is 1. The van der Waals surface area contributed by atoms with Gasteiger partial charge in [-0.2, -0.15) is 4.98 Å². The SMILES string of the molecule is Nc1nc(C2=Cc3cc(Cl)ccc3OC2)no1. The van der Waals surface area contributed by atoms with E-state index in [4.69, 9.17) is 26.6 Å². The summed E-state index contributed by atoms with van der Waals surface area (Å²) in [6.45, 7) is 0.383. The molecule has 0 amide bonds. The molecular formula is C11H8ClN3O2. The maximum atomic E-state index is 5.92. The highest BCUT2D eigenvalue weighted by atomic mass is 35.5. The van der Waals surface area contributed by atoms with Crippen LogP contribution < -0.4 is 10.5 Å². The molecule has 86 valence electrons. The van der Waals surface area contributed by atoms with Gasteiger partial charge in [-0.1, -0.05) is 16.8 Å². The van der Waals surface area contributed by atoms with E-state index in [2.05, 4.69) is 10.1 Å². The Kier molecular flexibility index (Phi) is 2.26. The van der Waals surface area contributed by atoms with Gasteiger partial charge in [0.1, 0.15) is 12.4 Å². The number of halogens is 1. The number of ether oxygens (including phenoxy) is 1. The van der Waals surface area contributed by atoms with Crippen LogP contribution in [0, 0.1) is 0 Å². The molecule has 0 aliphatic carbocycles. The van der Waals surface area contributed by atoms with Crippen molar-refractivity contribution in [2.45, 2.75) is 0 Å². The summed E-state index contributed by atoms with van der Waals surface area (Å²) in [7, 11) is 0. The third-order valence-electron chi connectivity index (χ3n) is 2.41. The zero-order chi connectivity index (χ0) is 11.8. The average Bonchev–Trinajstić information content (AvgIpc) is 2.75. The van der Waals surface area contributed by atoms with Crippen LogP contribution in [0.15, 0.2) is 22.7 Å². The second kappa shape index (κ2) is 3.78. The lowest BCUT2D eigenvalue weighted by molar-refractivity contribution is 0.363. The minimum atomic E-state index is 0.0396. The van der Waals surface area contributed by atoms with Crippen LogP contribution in [-0.2, 0) is 0 Å². The van der Waals surface area contributed by atoms with Gasteiger partial charge in [0.25, 0.3) is 0 Å². The van der Waals surface area contributed by atoms with Crippen LogP contribution in [0.4, 0.5) is 6.01 Å². The second-order valence-corrected chi connectivity index (χ2v) is 4.03. The molecule has 17 heavy (non-hydrogen) atoms. The van der Waals surface area contributed by atoms with Gasteiger partial charge in [-0.25, -0.2) is 0 Å². The van der Waals surface area contributed by atoms with Crippen molar-refractivity contribution in [3.05, 3.63) is 34.6 Å². The van der Waals surface area contributed by atoms with Crippen LogP contribution in [0.5, 0.6) is 5.75 Å². The van der Waals surface area contributed by atoms with Gasteiger partial charge in [-0.15, -0.1) is 0 Å². The summed E-state index contributed by atoms with van der Waals surface area (Å²) in [5, 5.41) is 4.39. The molecule has 3 rings (SSSR count). The standard InChI is InChI=1S/C11H8ClN3O2/c12-8-1-2-9-6(4-8)3-7(5-16-9)10-14-11(13)17-15-10/h1-4H,5H2,(H2,13,14,15). The molecule has 6 heteroatoms. The third kappa shape index (κ3) is 1.85. The Morgan fingerprint density at radius 2 is 2.24 bits per heavy atom. The van der Waals surface area contributed by atoms with E-state index in [1.165, 1.54) is 0 Å². The molecule has 0 saturated carbocycles. The lowest BCUT2D eigenvalue weighted by Gasteiger charge is -2.16. The molecule has 0 atom stereocenters. The molecule has 0 saturated heterocycles. The topological polar surface area (TPSA) is 74.2 Å². The van der Waals surface area contributed by atoms with Gasteiger partial charge in [0.15, 0.2) is 0 Å². The van der Waals surface area contributed by atoms with E-state index >= 15 is 0 Å². The van der Waals surface area contributed by atoms with Crippen LogP contribution >= 0.6 is 11.6 Å². The first-order valence-electron chi connectivity index (χ1n) is 4.95. The predicted molar refractivity (Wildman–Crippen MR) is 63.5 cm³/mol. The molecule has 2 N–H and O–H groups in total. The largest absolute Gasteiger partial charge is 0.488 e. The fourth-order valence-corrected chi connectivity index (χ4v) is 1.82. The normalized spacial score (nSPS) is 13.8.